The van der Waals surface area contributed by atoms with Crippen molar-refractivity contribution in [2.45, 2.75) is 6.42 Å². The minimum absolute atomic E-state index is 0.262. The number of hydrogen-bond donors (Lipinski definition) is 3. The van der Waals surface area contributed by atoms with Crippen molar-refractivity contribution in [3.8, 4) is 11.4 Å². The minimum Gasteiger partial charge on any atom is -0.496 e. The predicted octanol–water partition coefficient (Wildman–Crippen LogP) is 1.49. The summed E-state index contributed by atoms with van der Waals surface area (Å²) >= 11 is 6.18. The molecule has 0 aliphatic rings. The van der Waals surface area contributed by atoms with E-state index < -0.39 is 11.4 Å². The molecule has 27 heavy (non-hydrogen) atoms. The summed E-state index contributed by atoms with van der Waals surface area (Å²) < 4.78 is 6.35. The Morgan fingerprint density at radius 1 is 1.19 bits per heavy atom. The molecule has 0 spiro atoms. The molecule has 8 nitrogen and oxygen atoms in total. The molecule has 0 unspecified atom stereocenters. The van der Waals surface area contributed by atoms with Gasteiger partial charge in [0.05, 0.1) is 12.8 Å². The van der Waals surface area contributed by atoms with E-state index in [2.05, 4.69) is 15.4 Å². The van der Waals surface area contributed by atoms with E-state index in [-0.39, 0.29) is 5.91 Å². The predicted molar refractivity (Wildman–Crippen MR) is 101 cm³/mol. The summed E-state index contributed by atoms with van der Waals surface area (Å²) in [7, 11) is 1.57. The maximum absolute atomic E-state index is 12.3. The summed E-state index contributed by atoms with van der Waals surface area (Å²) in [4.78, 5) is 37.1. The van der Waals surface area contributed by atoms with Gasteiger partial charge in [0.1, 0.15) is 5.75 Å². The fourth-order valence-electron chi connectivity index (χ4n) is 2.65. The maximum atomic E-state index is 12.3. The standard InChI is InChI=1S/C18H17ClN4O4/c1-27-15-4-2-3-14(19)13(15)9-10-20-16(24)11-5-7-12(8-6-11)23-18(26)21-17(25)22-23/h2-8H,9-10H2,1H3,(H,20,24)(H2,21,22,25,26). The van der Waals surface area contributed by atoms with E-state index in [4.69, 9.17) is 16.3 Å². The molecule has 3 N–H and O–H groups in total. The molecule has 0 aliphatic heterocycles. The monoisotopic (exact) mass is 388 g/mol. The van der Waals surface area contributed by atoms with Crippen molar-refractivity contribution >= 4 is 17.5 Å². The molecule has 3 aromatic rings. The summed E-state index contributed by atoms with van der Waals surface area (Å²) in [5, 5.41) is 5.74. The highest BCUT2D eigenvalue weighted by Gasteiger charge is 2.10. The number of ether oxygens (including phenoxy) is 1. The molecule has 1 aromatic heterocycles. The number of benzene rings is 2. The second kappa shape index (κ2) is 7.96. The number of H-pyrrole nitrogens is 2. The molecule has 0 saturated carbocycles. The number of hydrogen-bond acceptors (Lipinski definition) is 4. The van der Waals surface area contributed by atoms with Crippen LogP contribution in [0.1, 0.15) is 15.9 Å². The van der Waals surface area contributed by atoms with Crippen molar-refractivity contribution in [3.63, 3.8) is 0 Å². The first-order valence-corrected chi connectivity index (χ1v) is 8.49. The first-order valence-electron chi connectivity index (χ1n) is 8.11. The third-order valence-corrected chi connectivity index (χ3v) is 4.34. The molecule has 1 heterocycles. The van der Waals surface area contributed by atoms with Gasteiger partial charge in [-0.25, -0.2) is 19.4 Å². The van der Waals surface area contributed by atoms with Gasteiger partial charge >= 0.3 is 11.4 Å². The van der Waals surface area contributed by atoms with Crippen molar-refractivity contribution in [3.05, 3.63) is 79.6 Å². The number of aromatic nitrogens is 3. The largest absolute Gasteiger partial charge is 0.496 e. The van der Waals surface area contributed by atoms with Crippen LogP contribution < -0.4 is 21.4 Å². The van der Waals surface area contributed by atoms with Gasteiger partial charge in [0.25, 0.3) is 5.91 Å². The van der Waals surface area contributed by atoms with Crippen LogP contribution in [0.2, 0.25) is 5.02 Å². The van der Waals surface area contributed by atoms with Gasteiger partial charge in [-0.15, -0.1) is 0 Å². The number of carbonyl (C=O) groups is 1. The lowest BCUT2D eigenvalue weighted by atomic mass is 10.1. The maximum Gasteiger partial charge on any atom is 0.349 e. The number of nitrogens with zero attached hydrogens (tertiary/aromatic N) is 1. The van der Waals surface area contributed by atoms with Crippen molar-refractivity contribution in [1.82, 2.24) is 20.1 Å². The average Bonchev–Trinajstić information content (AvgIpc) is 3.01. The molecular weight excluding hydrogens is 372 g/mol. The third-order valence-electron chi connectivity index (χ3n) is 3.98. The van der Waals surface area contributed by atoms with E-state index in [1.165, 1.54) is 0 Å². The van der Waals surface area contributed by atoms with Gasteiger partial charge in [0, 0.05) is 22.7 Å². The van der Waals surface area contributed by atoms with Crippen molar-refractivity contribution in [2.75, 3.05) is 13.7 Å². The molecule has 0 bridgehead atoms. The van der Waals surface area contributed by atoms with E-state index >= 15 is 0 Å². The molecule has 3 rings (SSSR count). The zero-order chi connectivity index (χ0) is 19.4. The topological polar surface area (TPSA) is 109 Å². The van der Waals surface area contributed by atoms with E-state index in [0.29, 0.717) is 35.0 Å². The zero-order valence-corrected chi connectivity index (χ0v) is 15.2. The number of halogens is 1. The van der Waals surface area contributed by atoms with Crippen LogP contribution in [-0.2, 0) is 6.42 Å². The fraction of sp³-hybridized carbons (Fsp3) is 0.167. The Morgan fingerprint density at radius 3 is 2.56 bits per heavy atom. The molecule has 1 amide bonds. The molecule has 140 valence electrons. The van der Waals surface area contributed by atoms with Crippen molar-refractivity contribution in [2.24, 2.45) is 0 Å². The number of amides is 1. The highest BCUT2D eigenvalue weighted by molar-refractivity contribution is 6.31. The van der Waals surface area contributed by atoms with Gasteiger partial charge in [-0.1, -0.05) is 17.7 Å². The van der Waals surface area contributed by atoms with Crippen LogP contribution >= 0.6 is 11.6 Å². The summed E-state index contributed by atoms with van der Waals surface area (Å²) in [5.41, 5.74) is 0.516. The van der Waals surface area contributed by atoms with Gasteiger partial charge in [-0.05, 0) is 42.8 Å². The Kier molecular flexibility index (Phi) is 5.46. The van der Waals surface area contributed by atoms with Gasteiger partial charge in [0.15, 0.2) is 0 Å². The molecule has 0 atom stereocenters. The van der Waals surface area contributed by atoms with Crippen LogP contribution in [0.5, 0.6) is 5.75 Å². The van der Waals surface area contributed by atoms with Crippen LogP contribution in [0, 0.1) is 0 Å². The van der Waals surface area contributed by atoms with E-state index in [1.807, 2.05) is 6.07 Å². The quantitative estimate of drug-likeness (QED) is 0.594. The molecule has 0 aliphatic carbocycles. The first-order chi connectivity index (χ1) is 13.0. The van der Waals surface area contributed by atoms with Gasteiger partial charge < -0.3 is 10.1 Å². The van der Waals surface area contributed by atoms with Crippen LogP contribution in [0.4, 0.5) is 0 Å². The van der Waals surface area contributed by atoms with Crippen LogP contribution in [-0.4, -0.2) is 34.3 Å². The van der Waals surface area contributed by atoms with Gasteiger partial charge in [0.2, 0.25) is 0 Å². The number of rotatable bonds is 6. The zero-order valence-electron chi connectivity index (χ0n) is 14.4. The van der Waals surface area contributed by atoms with Crippen molar-refractivity contribution < 1.29 is 9.53 Å². The van der Waals surface area contributed by atoms with Gasteiger partial charge in [-0.3, -0.25) is 9.78 Å². The van der Waals surface area contributed by atoms with E-state index in [1.54, 1.807) is 43.5 Å². The smallest absolute Gasteiger partial charge is 0.349 e. The molecule has 0 fully saturated rings. The van der Waals surface area contributed by atoms with Gasteiger partial charge in [-0.2, -0.15) is 0 Å². The minimum atomic E-state index is -0.600. The number of carbonyl (C=O) groups excluding carboxylic acids is 1. The second-order valence-electron chi connectivity index (χ2n) is 5.68. The second-order valence-corrected chi connectivity index (χ2v) is 6.09. The Balaban J connectivity index is 1.64. The lowest BCUT2D eigenvalue weighted by Crippen LogP contribution is -2.26. The molecular formula is C18H17ClN4O4. The Hall–Kier alpha value is -3.26. The summed E-state index contributed by atoms with van der Waals surface area (Å²) in [6.07, 6.45) is 0.520. The normalized spacial score (nSPS) is 10.6. The molecule has 2 aromatic carbocycles. The summed E-state index contributed by atoms with van der Waals surface area (Å²) in [5.74, 6) is 0.412. The number of methoxy groups -OCH3 is 1. The first kappa shape index (κ1) is 18.5. The lowest BCUT2D eigenvalue weighted by Gasteiger charge is -2.11. The van der Waals surface area contributed by atoms with Crippen LogP contribution in [0.25, 0.3) is 5.69 Å². The Bertz CT molecular complexity index is 1070. The highest BCUT2D eigenvalue weighted by Crippen LogP contribution is 2.26. The average molecular weight is 389 g/mol. The van der Waals surface area contributed by atoms with E-state index in [0.717, 1.165) is 10.2 Å². The summed E-state index contributed by atoms with van der Waals surface area (Å²) in [6, 6.07) is 11.7. The number of aromatic amines is 2. The SMILES string of the molecule is COc1cccc(Cl)c1CCNC(=O)c1ccc(-n2[nH]c(=O)[nH]c2=O)cc1. The number of nitrogens with one attached hydrogen (secondary N) is 3. The summed E-state index contributed by atoms with van der Waals surface area (Å²) in [6.45, 7) is 0.380. The molecule has 9 heteroatoms. The van der Waals surface area contributed by atoms with Crippen LogP contribution in [0.15, 0.2) is 52.1 Å². The van der Waals surface area contributed by atoms with Crippen molar-refractivity contribution in [1.29, 1.82) is 0 Å². The fourth-order valence-corrected chi connectivity index (χ4v) is 2.91. The third kappa shape index (κ3) is 4.12. The highest BCUT2D eigenvalue weighted by atomic mass is 35.5. The molecule has 0 radical (unpaired) electrons. The van der Waals surface area contributed by atoms with E-state index in [9.17, 15) is 14.4 Å². The Morgan fingerprint density at radius 2 is 1.93 bits per heavy atom. The Labute approximate surface area is 158 Å². The molecule has 0 saturated heterocycles. The lowest BCUT2D eigenvalue weighted by molar-refractivity contribution is 0.0954. The van der Waals surface area contributed by atoms with Crippen LogP contribution in [0.3, 0.4) is 0 Å².